The van der Waals surface area contributed by atoms with E-state index in [1.54, 1.807) is 0 Å². The van der Waals surface area contributed by atoms with Crippen LogP contribution in [0.15, 0.2) is 25.3 Å². The van der Waals surface area contributed by atoms with Crippen LogP contribution < -0.4 is 11.1 Å². The van der Waals surface area contributed by atoms with Crippen molar-refractivity contribution in [1.29, 1.82) is 0 Å². The topological polar surface area (TPSA) is 229 Å². The zero-order valence-electron chi connectivity index (χ0n) is 24.1. The molecule has 6 heterocycles. The summed E-state index contributed by atoms with van der Waals surface area (Å²) in [6, 6.07) is 0.0862. The summed E-state index contributed by atoms with van der Waals surface area (Å²) in [5.74, 6) is 0.620. The number of imidazole rings is 2. The van der Waals surface area contributed by atoms with Crippen molar-refractivity contribution in [3.05, 3.63) is 25.3 Å². The number of aliphatic hydroxyl groups excluding tert-OH is 2. The molecule has 0 aromatic carbocycles. The highest BCUT2D eigenvalue weighted by atomic mass is 32.7. The predicted molar refractivity (Wildman–Crippen MR) is 169 cm³/mol. The Balaban J connectivity index is 1.12. The highest BCUT2D eigenvalue weighted by Gasteiger charge is 2.49. The van der Waals surface area contributed by atoms with Crippen LogP contribution in [0.2, 0.25) is 0 Å². The molecule has 250 valence electrons. The summed E-state index contributed by atoms with van der Waals surface area (Å²) in [7, 11) is -4.78. The van der Waals surface area contributed by atoms with Crippen molar-refractivity contribution < 1.29 is 42.2 Å². The van der Waals surface area contributed by atoms with Crippen LogP contribution in [0.4, 0.5) is 16.0 Å². The minimum Gasteiger partial charge on any atom is -0.387 e. The average Bonchev–Trinajstić information content (AvgIpc) is 3.77. The van der Waals surface area contributed by atoms with Crippen LogP contribution in [0.3, 0.4) is 0 Å². The second kappa shape index (κ2) is 14.1. The van der Waals surface area contributed by atoms with Crippen LogP contribution in [0, 0.1) is 0 Å². The number of fused-ring (bicyclic) bond motifs is 2. The first-order valence-electron chi connectivity index (χ1n) is 13.9. The number of hydrogen-bond donors (Lipinski definition) is 6. The monoisotopic (exact) mass is 720 g/mol. The molecule has 0 aliphatic carbocycles. The molecule has 0 radical (unpaired) electrons. The van der Waals surface area contributed by atoms with E-state index in [2.05, 4.69) is 59.7 Å². The summed E-state index contributed by atoms with van der Waals surface area (Å²) in [4.78, 5) is 25.0. The number of nitrogens with one attached hydrogen (secondary N) is 1. The molecule has 18 nitrogen and oxygen atoms in total. The molecule has 2 aliphatic heterocycles. The van der Waals surface area contributed by atoms with Gasteiger partial charge in [0.2, 0.25) is 14.8 Å². The van der Waals surface area contributed by atoms with Crippen molar-refractivity contribution in [2.45, 2.75) is 69.0 Å². The second-order valence-electron chi connectivity index (χ2n) is 10.7. The fourth-order valence-corrected chi connectivity index (χ4v) is 7.03. The van der Waals surface area contributed by atoms with Crippen molar-refractivity contribution in [3.63, 3.8) is 0 Å². The third kappa shape index (κ3) is 6.68. The number of ether oxygens (including phenoxy) is 2. The molecule has 46 heavy (non-hydrogen) atoms. The first-order valence-corrected chi connectivity index (χ1v) is 18.8. The van der Waals surface area contributed by atoms with Crippen molar-refractivity contribution in [2.24, 2.45) is 0 Å². The summed E-state index contributed by atoms with van der Waals surface area (Å²) in [5.41, 5.74) is 7.21. The summed E-state index contributed by atoms with van der Waals surface area (Å²) in [5, 5.41) is 24.8. The SMILES string of the molecule is CC(C)Nc1ncnc2c1ncn2[C@@H]1O[C@H](COP(S)O[C@H]2[C@@H](F)[C@H](n3cnc4c(N)ncnc43)O[C@@H]2CO[PH](=O)S)[C@@H](O)[C@H]1O. The molecule has 0 saturated carbocycles. The van der Waals surface area contributed by atoms with Gasteiger partial charge < -0.3 is 44.3 Å². The fraction of sp³-hybridized carbons (Fsp3) is 0.565. The number of aliphatic hydroxyl groups is 2. The van der Waals surface area contributed by atoms with Gasteiger partial charge in [-0.05, 0) is 13.8 Å². The summed E-state index contributed by atoms with van der Waals surface area (Å²) >= 11 is 8.14. The van der Waals surface area contributed by atoms with Gasteiger partial charge in [0, 0.05) is 6.04 Å². The normalized spacial score (nSPS) is 29.7. The van der Waals surface area contributed by atoms with Crippen LogP contribution in [0.5, 0.6) is 0 Å². The Labute approximate surface area is 272 Å². The van der Waals surface area contributed by atoms with Crippen LogP contribution in [-0.2, 0) is 27.6 Å². The largest absolute Gasteiger partial charge is 0.387 e. The smallest absolute Gasteiger partial charge is 0.243 e. The number of rotatable bonds is 12. The molecule has 4 aromatic heterocycles. The van der Waals surface area contributed by atoms with Gasteiger partial charge in [0.1, 0.15) is 48.7 Å². The second-order valence-corrected chi connectivity index (χ2v) is 14.5. The lowest BCUT2D eigenvalue weighted by Crippen LogP contribution is -2.34. The third-order valence-electron chi connectivity index (χ3n) is 7.26. The lowest BCUT2D eigenvalue weighted by atomic mass is 10.1. The Hall–Kier alpha value is -2.29. The summed E-state index contributed by atoms with van der Waals surface area (Å²) in [6.45, 7) is 3.33. The van der Waals surface area contributed by atoms with E-state index in [0.717, 1.165) is 0 Å². The number of nitrogens with zero attached hydrogens (tertiary/aromatic N) is 8. The van der Waals surface area contributed by atoms with Crippen molar-refractivity contribution in [1.82, 2.24) is 39.0 Å². The molecular weight excluding hydrogens is 689 g/mol. The van der Waals surface area contributed by atoms with Gasteiger partial charge in [0.15, 0.2) is 47.1 Å². The maximum absolute atomic E-state index is 15.9. The molecule has 2 fully saturated rings. The molecule has 4 aromatic rings. The molecule has 0 bridgehead atoms. The minimum atomic E-state index is -2.68. The Bertz CT molecular complexity index is 1710. The lowest BCUT2D eigenvalue weighted by Gasteiger charge is -2.23. The average molecular weight is 721 g/mol. The molecule has 0 spiro atoms. The zero-order valence-corrected chi connectivity index (χ0v) is 27.8. The Kier molecular flexibility index (Phi) is 10.3. The standard InChI is InChI=1S/C23H31FN10O8P2S2/c1-9(2)32-19-14-21(29-6-27-19)34(8-31-14)23-16(36)15(35)10(40-23)3-39-44(46)42-17-11(4-38-43(37)45)41-22(12(17)24)33-7-30-13-18(25)26-5-28-20(13)33/h5-12,15-17,22-23,35-36,43,46H,3-4H2,1-2H3,(H,37,45)(H2,25,26,28)(H,27,29,32)/t10-,11-,12-,15-,16-,17-,22-,23-,44?/m1/s1. The number of hydrogen-bond acceptors (Lipinski definition) is 17. The minimum absolute atomic E-state index is 0.0862. The fourth-order valence-electron chi connectivity index (χ4n) is 5.17. The van der Waals surface area contributed by atoms with Crippen LogP contribution in [0.1, 0.15) is 26.3 Å². The Morgan fingerprint density at radius 2 is 1.67 bits per heavy atom. The lowest BCUT2D eigenvalue weighted by molar-refractivity contribution is -0.0494. The van der Waals surface area contributed by atoms with Gasteiger partial charge in [-0.2, -0.15) is 0 Å². The zero-order chi connectivity index (χ0) is 32.7. The molecule has 5 N–H and O–H groups in total. The third-order valence-corrected chi connectivity index (χ3v) is 9.48. The van der Waals surface area contributed by atoms with E-state index < -0.39 is 64.0 Å². The van der Waals surface area contributed by atoms with Gasteiger partial charge in [-0.3, -0.25) is 13.7 Å². The van der Waals surface area contributed by atoms with Crippen molar-refractivity contribution in [2.75, 3.05) is 24.3 Å². The summed E-state index contributed by atoms with van der Waals surface area (Å²) in [6.07, 6.45) is -4.88. The van der Waals surface area contributed by atoms with Crippen molar-refractivity contribution in [3.8, 4) is 0 Å². The highest BCUT2D eigenvalue weighted by Crippen LogP contribution is 2.50. The number of aromatic nitrogens is 8. The van der Waals surface area contributed by atoms with E-state index in [4.69, 9.17) is 28.8 Å². The van der Waals surface area contributed by atoms with Crippen LogP contribution in [-0.4, -0.2) is 105 Å². The molecule has 0 amide bonds. The van der Waals surface area contributed by atoms with Gasteiger partial charge in [-0.25, -0.2) is 34.3 Å². The van der Waals surface area contributed by atoms with E-state index in [1.165, 1.54) is 34.4 Å². The first-order chi connectivity index (χ1) is 22.0. The molecule has 23 heteroatoms. The van der Waals surface area contributed by atoms with E-state index in [0.29, 0.717) is 17.0 Å². The molecule has 2 saturated heterocycles. The van der Waals surface area contributed by atoms with E-state index in [9.17, 15) is 14.8 Å². The van der Waals surface area contributed by atoms with E-state index in [1.807, 2.05) is 13.8 Å². The summed E-state index contributed by atoms with van der Waals surface area (Å²) < 4.78 is 58.9. The number of alkyl halides is 1. The van der Waals surface area contributed by atoms with E-state index >= 15 is 4.39 Å². The van der Waals surface area contributed by atoms with Crippen LogP contribution in [0.25, 0.3) is 22.3 Å². The first kappa shape index (κ1) is 33.6. The van der Waals surface area contributed by atoms with E-state index in [-0.39, 0.29) is 36.2 Å². The predicted octanol–water partition coefficient (Wildman–Crippen LogP) is 1.82. The number of nitrogens with two attached hydrogens (primary N) is 1. The molecule has 2 aliphatic rings. The quantitative estimate of drug-likeness (QED) is 0.0906. The van der Waals surface area contributed by atoms with Crippen LogP contribution >= 0.6 is 39.3 Å². The number of halogens is 1. The molecular formula is C23H31FN10O8P2S2. The highest BCUT2D eigenvalue weighted by molar-refractivity contribution is 8.42. The Morgan fingerprint density at radius 3 is 2.39 bits per heavy atom. The molecule has 6 rings (SSSR count). The Morgan fingerprint density at radius 1 is 1.02 bits per heavy atom. The maximum Gasteiger partial charge on any atom is 0.243 e. The number of nitrogen functional groups attached to an aromatic ring is 1. The van der Waals surface area contributed by atoms with Gasteiger partial charge in [-0.15, -0.1) is 0 Å². The molecule has 10 atom stereocenters. The molecule has 2 unspecified atom stereocenters. The number of thiol groups is 2. The van der Waals surface area contributed by atoms with Gasteiger partial charge >= 0.3 is 0 Å². The van der Waals surface area contributed by atoms with Gasteiger partial charge in [-0.1, -0.05) is 24.5 Å². The number of anilines is 2. The maximum atomic E-state index is 15.9. The van der Waals surface area contributed by atoms with Gasteiger partial charge in [0.25, 0.3) is 0 Å². The van der Waals surface area contributed by atoms with Gasteiger partial charge in [0.05, 0.1) is 25.9 Å². The van der Waals surface area contributed by atoms with Crippen molar-refractivity contribution >= 4 is 73.3 Å².